The van der Waals surface area contributed by atoms with Crippen LogP contribution in [0.15, 0.2) is 16.5 Å². The summed E-state index contributed by atoms with van der Waals surface area (Å²) in [6.07, 6.45) is 2.20. The van der Waals surface area contributed by atoms with Crippen LogP contribution in [0.5, 0.6) is 0 Å². The lowest BCUT2D eigenvalue weighted by atomic mass is 10.3. The van der Waals surface area contributed by atoms with Gasteiger partial charge in [-0.2, -0.15) is 0 Å². The van der Waals surface area contributed by atoms with Gasteiger partial charge in [0.25, 0.3) is 0 Å². The molecule has 1 aromatic rings. The van der Waals surface area contributed by atoms with E-state index in [1.54, 1.807) is 0 Å². The molecule has 1 aromatic heterocycles. The Morgan fingerprint density at radius 1 is 1.50 bits per heavy atom. The first-order valence-corrected chi connectivity index (χ1v) is 6.76. The van der Waals surface area contributed by atoms with E-state index in [4.69, 9.17) is 4.42 Å². The van der Waals surface area contributed by atoms with Gasteiger partial charge in [0.15, 0.2) is 0 Å². The van der Waals surface area contributed by atoms with E-state index in [0.29, 0.717) is 19.0 Å². The zero-order chi connectivity index (χ0) is 13.0. The zero-order valence-electron chi connectivity index (χ0n) is 11.2. The highest BCUT2D eigenvalue weighted by Crippen LogP contribution is 2.47. The Balaban J connectivity index is 1.67. The van der Waals surface area contributed by atoms with Crippen LogP contribution >= 0.6 is 0 Å². The summed E-state index contributed by atoms with van der Waals surface area (Å²) in [6, 6.07) is 4.06. The van der Waals surface area contributed by atoms with Gasteiger partial charge >= 0.3 is 0 Å². The molecule has 1 amide bonds. The van der Waals surface area contributed by atoms with Crippen LogP contribution in [0.25, 0.3) is 0 Å². The van der Waals surface area contributed by atoms with Crippen LogP contribution < -0.4 is 10.6 Å². The summed E-state index contributed by atoms with van der Waals surface area (Å²) in [5, 5.41) is 5.91. The first-order chi connectivity index (χ1) is 8.70. The van der Waals surface area contributed by atoms with Gasteiger partial charge in [0.2, 0.25) is 5.91 Å². The third kappa shape index (κ3) is 3.60. The number of hydrogen-bond acceptors (Lipinski definition) is 3. The standard InChI is InChI=1S/C14H22N2O2/c1-3-6-16-14(17)9-15-8-11-4-5-13(18-11)12-7-10(12)2/h4-5,10,12,15H,3,6-9H2,1-2H3,(H,16,17). The van der Waals surface area contributed by atoms with Gasteiger partial charge in [0.1, 0.15) is 11.5 Å². The van der Waals surface area contributed by atoms with Crippen molar-refractivity contribution in [3.8, 4) is 0 Å². The molecule has 1 aliphatic carbocycles. The van der Waals surface area contributed by atoms with Crippen molar-refractivity contribution >= 4 is 5.91 Å². The molecule has 0 saturated heterocycles. The van der Waals surface area contributed by atoms with E-state index in [0.717, 1.165) is 30.4 Å². The lowest BCUT2D eigenvalue weighted by Crippen LogP contribution is -2.33. The fraction of sp³-hybridized carbons (Fsp3) is 0.643. The molecular formula is C14H22N2O2. The van der Waals surface area contributed by atoms with Crippen LogP contribution in [-0.2, 0) is 11.3 Å². The fourth-order valence-corrected chi connectivity index (χ4v) is 2.03. The summed E-state index contributed by atoms with van der Waals surface area (Å²) < 4.78 is 5.75. The lowest BCUT2D eigenvalue weighted by molar-refractivity contribution is -0.120. The SMILES string of the molecule is CCCNC(=O)CNCc1ccc(C2CC2C)o1. The van der Waals surface area contributed by atoms with Gasteiger partial charge in [-0.1, -0.05) is 13.8 Å². The van der Waals surface area contributed by atoms with Crippen LogP contribution in [0, 0.1) is 5.92 Å². The van der Waals surface area contributed by atoms with Crippen molar-refractivity contribution in [3.63, 3.8) is 0 Å². The number of amides is 1. The second kappa shape index (κ2) is 6.05. The summed E-state index contributed by atoms with van der Waals surface area (Å²) >= 11 is 0. The van der Waals surface area contributed by atoms with Gasteiger partial charge in [-0.15, -0.1) is 0 Å². The molecule has 2 atom stereocenters. The highest BCUT2D eigenvalue weighted by atomic mass is 16.3. The summed E-state index contributed by atoms with van der Waals surface area (Å²) in [5.41, 5.74) is 0. The first-order valence-electron chi connectivity index (χ1n) is 6.76. The molecule has 1 aliphatic rings. The minimum Gasteiger partial charge on any atom is -0.464 e. The Bertz CT molecular complexity index is 400. The lowest BCUT2D eigenvalue weighted by Gasteiger charge is -2.04. The van der Waals surface area contributed by atoms with Crippen LogP contribution in [0.2, 0.25) is 0 Å². The Labute approximate surface area is 108 Å². The number of rotatable bonds is 7. The van der Waals surface area contributed by atoms with E-state index >= 15 is 0 Å². The Morgan fingerprint density at radius 2 is 2.28 bits per heavy atom. The number of nitrogens with one attached hydrogen (secondary N) is 2. The topological polar surface area (TPSA) is 54.3 Å². The van der Waals surface area contributed by atoms with E-state index in [1.165, 1.54) is 6.42 Å². The molecule has 100 valence electrons. The van der Waals surface area contributed by atoms with Crippen LogP contribution in [0.3, 0.4) is 0 Å². The molecule has 1 heterocycles. The normalized spacial score (nSPS) is 21.9. The summed E-state index contributed by atoms with van der Waals surface area (Å²) in [7, 11) is 0. The molecule has 0 bridgehead atoms. The number of carbonyl (C=O) groups is 1. The number of carbonyl (C=O) groups excluding carboxylic acids is 1. The highest BCUT2D eigenvalue weighted by molar-refractivity contribution is 5.77. The van der Waals surface area contributed by atoms with Crippen LogP contribution in [0.1, 0.15) is 44.1 Å². The molecular weight excluding hydrogens is 228 g/mol. The number of furan rings is 1. The van der Waals surface area contributed by atoms with Crippen molar-refractivity contribution in [1.82, 2.24) is 10.6 Å². The monoisotopic (exact) mass is 250 g/mol. The van der Waals surface area contributed by atoms with Crippen molar-refractivity contribution in [2.24, 2.45) is 5.92 Å². The summed E-state index contributed by atoms with van der Waals surface area (Å²) in [5.74, 6) is 3.42. The van der Waals surface area contributed by atoms with Crippen molar-refractivity contribution < 1.29 is 9.21 Å². The molecule has 1 fully saturated rings. The second-order valence-electron chi connectivity index (χ2n) is 5.08. The fourth-order valence-electron chi connectivity index (χ4n) is 2.03. The van der Waals surface area contributed by atoms with Crippen molar-refractivity contribution in [1.29, 1.82) is 0 Å². The van der Waals surface area contributed by atoms with Gasteiger partial charge in [0.05, 0.1) is 13.1 Å². The largest absolute Gasteiger partial charge is 0.464 e. The maximum atomic E-state index is 11.4. The summed E-state index contributed by atoms with van der Waals surface area (Å²) in [4.78, 5) is 11.4. The van der Waals surface area contributed by atoms with Crippen LogP contribution in [0.4, 0.5) is 0 Å². The minimum atomic E-state index is 0.0412. The van der Waals surface area contributed by atoms with E-state index < -0.39 is 0 Å². The third-order valence-electron chi connectivity index (χ3n) is 3.31. The summed E-state index contributed by atoms with van der Waals surface area (Å²) in [6.45, 7) is 5.97. The zero-order valence-corrected chi connectivity index (χ0v) is 11.2. The van der Waals surface area contributed by atoms with E-state index in [-0.39, 0.29) is 5.91 Å². The molecule has 4 heteroatoms. The number of hydrogen-bond donors (Lipinski definition) is 2. The second-order valence-corrected chi connectivity index (χ2v) is 5.08. The molecule has 2 rings (SSSR count). The van der Waals surface area contributed by atoms with E-state index in [9.17, 15) is 4.79 Å². The smallest absolute Gasteiger partial charge is 0.233 e. The maximum Gasteiger partial charge on any atom is 0.233 e. The molecule has 0 radical (unpaired) electrons. The van der Waals surface area contributed by atoms with Gasteiger partial charge in [-0.3, -0.25) is 4.79 Å². The van der Waals surface area contributed by atoms with Crippen LogP contribution in [-0.4, -0.2) is 19.0 Å². The Hall–Kier alpha value is -1.29. The maximum absolute atomic E-state index is 11.4. The molecule has 2 unspecified atom stereocenters. The molecule has 4 nitrogen and oxygen atoms in total. The van der Waals surface area contributed by atoms with Crippen molar-refractivity contribution in [2.75, 3.05) is 13.1 Å². The molecule has 18 heavy (non-hydrogen) atoms. The van der Waals surface area contributed by atoms with Gasteiger partial charge in [-0.05, 0) is 30.9 Å². The molecule has 0 aliphatic heterocycles. The van der Waals surface area contributed by atoms with Gasteiger partial charge in [-0.25, -0.2) is 0 Å². The minimum absolute atomic E-state index is 0.0412. The molecule has 1 saturated carbocycles. The van der Waals surface area contributed by atoms with Gasteiger partial charge < -0.3 is 15.1 Å². The van der Waals surface area contributed by atoms with Crippen molar-refractivity contribution in [3.05, 3.63) is 23.7 Å². The van der Waals surface area contributed by atoms with Crippen molar-refractivity contribution in [2.45, 2.75) is 39.2 Å². The highest BCUT2D eigenvalue weighted by Gasteiger charge is 2.36. The quantitative estimate of drug-likeness (QED) is 0.778. The average molecular weight is 250 g/mol. The predicted molar refractivity (Wildman–Crippen MR) is 70.2 cm³/mol. The van der Waals surface area contributed by atoms with E-state index in [1.807, 2.05) is 13.0 Å². The Morgan fingerprint density at radius 3 is 2.94 bits per heavy atom. The molecule has 2 N–H and O–H groups in total. The third-order valence-corrected chi connectivity index (χ3v) is 3.31. The first kappa shape index (κ1) is 13.1. The predicted octanol–water partition coefficient (Wildman–Crippen LogP) is 2.02. The molecule has 0 spiro atoms. The molecule has 0 aromatic carbocycles. The Kier molecular flexibility index (Phi) is 4.42. The van der Waals surface area contributed by atoms with E-state index in [2.05, 4.69) is 23.6 Å². The average Bonchev–Trinajstić information content (AvgIpc) is 2.90. The van der Waals surface area contributed by atoms with Gasteiger partial charge in [0, 0.05) is 12.5 Å².